The van der Waals surface area contributed by atoms with E-state index in [0.29, 0.717) is 18.1 Å². The van der Waals surface area contributed by atoms with Gasteiger partial charge >= 0.3 is 0 Å². The Labute approximate surface area is 120 Å². The van der Waals surface area contributed by atoms with E-state index in [2.05, 4.69) is 17.1 Å². The van der Waals surface area contributed by atoms with Gasteiger partial charge in [0.2, 0.25) is 0 Å². The van der Waals surface area contributed by atoms with Gasteiger partial charge in [-0.15, -0.1) is 11.3 Å². The van der Waals surface area contributed by atoms with Crippen LogP contribution in [0.1, 0.15) is 23.6 Å². The number of hydrogen-bond acceptors (Lipinski definition) is 3. The van der Waals surface area contributed by atoms with E-state index in [1.165, 1.54) is 5.56 Å². The van der Waals surface area contributed by atoms with E-state index in [0.717, 1.165) is 17.1 Å². The lowest BCUT2D eigenvalue weighted by molar-refractivity contribution is -0.119. The average molecular weight is 282 g/mol. The number of aromatic nitrogens is 2. The van der Waals surface area contributed by atoms with E-state index < -0.39 is 0 Å². The predicted molar refractivity (Wildman–Crippen MR) is 79.1 cm³/mol. The summed E-state index contributed by atoms with van der Waals surface area (Å²) in [6.45, 7) is 0. The normalized spacial score (nSPS) is 21.2. The molecule has 1 fully saturated rings. The minimum atomic E-state index is 0.192. The van der Waals surface area contributed by atoms with E-state index in [-0.39, 0.29) is 5.92 Å². The molecule has 0 radical (unpaired) electrons. The largest absolute Gasteiger partial charge is 0.299 e. The molecular weight excluding hydrogens is 268 g/mol. The molecule has 0 bridgehead atoms. The first-order valence-corrected chi connectivity index (χ1v) is 7.68. The number of benzene rings is 1. The van der Waals surface area contributed by atoms with Crippen molar-refractivity contribution in [2.24, 2.45) is 5.92 Å². The quantitative estimate of drug-likeness (QED) is 0.735. The van der Waals surface area contributed by atoms with Crippen LogP contribution in [0.5, 0.6) is 0 Å². The van der Waals surface area contributed by atoms with Gasteiger partial charge in [-0.1, -0.05) is 30.3 Å². The number of hydrogen-bond donors (Lipinski definition) is 0. The molecule has 2 atom stereocenters. The number of thiazole rings is 1. The van der Waals surface area contributed by atoms with Gasteiger partial charge in [-0.05, 0) is 17.9 Å². The second-order valence-electron chi connectivity index (χ2n) is 5.33. The third kappa shape index (κ3) is 2.06. The number of Topliss-reactive ketones (excluding diaryl/α,β-unsaturated/α-hetero) is 1. The van der Waals surface area contributed by atoms with E-state index in [1.807, 2.05) is 40.4 Å². The minimum absolute atomic E-state index is 0.192. The Morgan fingerprint density at radius 3 is 3.00 bits per heavy atom. The van der Waals surface area contributed by atoms with Crippen molar-refractivity contribution < 1.29 is 4.79 Å². The van der Waals surface area contributed by atoms with Gasteiger partial charge in [0.15, 0.2) is 4.96 Å². The second-order valence-corrected chi connectivity index (χ2v) is 6.20. The Hall–Kier alpha value is -1.94. The minimum Gasteiger partial charge on any atom is -0.299 e. The average Bonchev–Trinajstić information content (AvgIpc) is 3.02. The fourth-order valence-electron chi connectivity index (χ4n) is 2.79. The molecule has 4 rings (SSSR count). The van der Waals surface area contributed by atoms with Crippen LogP contribution in [0.3, 0.4) is 0 Å². The van der Waals surface area contributed by atoms with Crippen molar-refractivity contribution in [2.75, 3.05) is 0 Å². The van der Waals surface area contributed by atoms with Crippen LogP contribution in [0.2, 0.25) is 0 Å². The topological polar surface area (TPSA) is 34.4 Å². The number of imidazole rings is 1. The summed E-state index contributed by atoms with van der Waals surface area (Å²) >= 11 is 1.60. The molecule has 4 heteroatoms. The zero-order valence-electron chi connectivity index (χ0n) is 10.9. The SMILES string of the molecule is O=C(Cc1cn2ccsc2n1)C1CC1c1ccccc1. The van der Waals surface area contributed by atoms with Crippen molar-refractivity contribution in [3.8, 4) is 0 Å². The van der Waals surface area contributed by atoms with Gasteiger partial charge in [0, 0.05) is 23.7 Å². The fourth-order valence-corrected chi connectivity index (χ4v) is 3.51. The Morgan fingerprint density at radius 1 is 1.35 bits per heavy atom. The number of carbonyl (C=O) groups excluding carboxylic acids is 1. The third-order valence-electron chi connectivity index (χ3n) is 3.93. The molecule has 1 aromatic carbocycles. The van der Waals surface area contributed by atoms with Crippen LogP contribution in [0.4, 0.5) is 0 Å². The summed E-state index contributed by atoms with van der Waals surface area (Å²) in [5.74, 6) is 0.939. The van der Waals surface area contributed by atoms with Crippen molar-refractivity contribution in [1.29, 1.82) is 0 Å². The van der Waals surface area contributed by atoms with Crippen molar-refractivity contribution in [1.82, 2.24) is 9.38 Å². The molecule has 3 aromatic rings. The number of nitrogens with zero attached hydrogens (tertiary/aromatic N) is 2. The lowest BCUT2D eigenvalue weighted by Crippen LogP contribution is -2.06. The molecule has 0 spiro atoms. The van der Waals surface area contributed by atoms with Crippen molar-refractivity contribution in [3.05, 3.63) is 59.4 Å². The zero-order valence-corrected chi connectivity index (χ0v) is 11.7. The molecule has 2 aromatic heterocycles. The lowest BCUT2D eigenvalue weighted by atomic mass is 10.1. The molecule has 20 heavy (non-hydrogen) atoms. The van der Waals surface area contributed by atoms with Crippen LogP contribution >= 0.6 is 11.3 Å². The highest BCUT2D eigenvalue weighted by molar-refractivity contribution is 7.15. The molecule has 2 heterocycles. The fraction of sp³-hybridized carbons (Fsp3) is 0.250. The summed E-state index contributed by atoms with van der Waals surface area (Å²) in [5.41, 5.74) is 2.18. The molecule has 100 valence electrons. The Balaban J connectivity index is 1.46. The van der Waals surface area contributed by atoms with Crippen molar-refractivity contribution in [3.63, 3.8) is 0 Å². The summed E-state index contributed by atoms with van der Waals surface area (Å²) in [5, 5.41) is 2.00. The molecule has 0 aliphatic heterocycles. The van der Waals surface area contributed by atoms with Crippen LogP contribution in [0.15, 0.2) is 48.1 Å². The molecule has 3 nitrogen and oxygen atoms in total. The highest BCUT2D eigenvalue weighted by atomic mass is 32.1. The predicted octanol–water partition coefficient (Wildman–Crippen LogP) is 3.31. The molecule has 1 aliphatic rings. The Morgan fingerprint density at radius 2 is 2.20 bits per heavy atom. The third-order valence-corrected chi connectivity index (χ3v) is 4.70. The van der Waals surface area contributed by atoms with Crippen LogP contribution in [0.25, 0.3) is 4.96 Å². The van der Waals surface area contributed by atoms with Gasteiger partial charge in [0.1, 0.15) is 5.78 Å². The molecule has 0 N–H and O–H groups in total. The molecule has 1 aliphatic carbocycles. The van der Waals surface area contributed by atoms with E-state index >= 15 is 0 Å². The van der Waals surface area contributed by atoms with Crippen molar-refractivity contribution >= 4 is 22.1 Å². The van der Waals surface area contributed by atoms with Gasteiger partial charge in [-0.25, -0.2) is 4.98 Å². The molecule has 0 saturated heterocycles. The Bertz CT molecular complexity index is 730. The number of ketones is 1. The summed E-state index contributed by atoms with van der Waals surface area (Å²) < 4.78 is 1.98. The zero-order chi connectivity index (χ0) is 13.5. The van der Waals surface area contributed by atoms with Gasteiger partial charge in [0.05, 0.1) is 12.1 Å². The number of rotatable bonds is 4. The second kappa shape index (κ2) is 4.56. The smallest absolute Gasteiger partial charge is 0.193 e. The van der Waals surface area contributed by atoms with Crippen LogP contribution in [0, 0.1) is 5.92 Å². The molecular formula is C16H14N2OS. The maximum atomic E-state index is 12.3. The number of carbonyl (C=O) groups is 1. The standard InChI is InChI=1S/C16H14N2OS/c19-15(8-12-10-18-6-7-20-16(18)17-12)14-9-13(14)11-4-2-1-3-5-11/h1-7,10,13-14H,8-9H2. The lowest BCUT2D eigenvalue weighted by Gasteiger charge is -1.99. The number of fused-ring (bicyclic) bond motifs is 1. The van der Waals surface area contributed by atoms with Crippen LogP contribution in [-0.2, 0) is 11.2 Å². The molecule has 2 unspecified atom stereocenters. The maximum absolute atomic E-state index is 12.3. The molecule has 1 saturated carbocycles. The Kier molecular flexibility index (Phi) is 2.70. The van der Waals surface area contributed by atoms with Gasteiger partial charge < -0.3 is 0 Å². The van der Waals surface area contributed by atoms with Gasteiger partial charge in [-0.2, -0.15) is 0 Å². The summed E-state index contributed by atoms with van der Waals surface area (Å²) in [4.78, 5) is 17.8. The van der Waals surface area contributed by atoms with Crippen LogP contribution in [-0.4, -0.2) is 15.2 Å². The maximum Gasteiger partial charge on any atom is 0.193 e. The highest BCUT2D eigenvalue weighted by Gasteiger charge is 2.43. The van der Waals surface area contributed by atoms with Gasteiger partial charge in [0.25, 0.3) is 0 Å². The van der Waals surface area contributed by atoms with E-state index in [1.54, 1.807) is 11.3 Å². The van der Waals surface area contributed by atoms with E-state index in [4.69, 9.17) is 0 Å². The summed E-state index contributed by atoms with van der Waals surface area (Å²) in [6, 6.07) is 10.3. The highest BCUT2D eigenvalue weighted by Crippen LogP contribution is 2.48. The summed E-state index contributed by atoms with van der Waals surface area (Å²) in [6.07, 6.45) is 5.39. The van der Waals surface area contributed by atoms with Gasteiger partial charge in [-0.3, -0.25) is 9.20 Å². The van der Waals surface area contributed by atoms with Crippen LogP contribution < -0.4 is 0 Å². The first kappa shape index (κ1) is 11.9. The monoisotopic (exact) mass is 282 g/mol. The first-order chi connectivity index (χ1) is 9.81. The van der Waals surface area contributed by atoms with Crippen molar-refractivity contribution in [2.45, 2.75) is 18.8 Å². The first-order valence-electron chi connectivity index (χ1n) is 6.80. The molecule has 0 amide bonds. The summed E-state index contributed by atoms with van der Waals surface area (Å²) in [7, 11) is 0. The van der Waals surface area contributed by atoms with E-state index in [9.17, 15) is 4.79 Å².